The summed E-state index contributed by atoms with van der Waals surface area (Å²) in [6.07, 6.45) is 1.38. The van der Waals surface area contributed by atoms with Crippen molar-refractivity contribution in [1.82, 2.24) is 5.01 Å². The number of rotatable bonds is 4. The maximum absolute atomic E-state index is 11.6. The third kappa shape index (κ3) is 3.35. The van der Waals surface area contributed by atoms with Crippen molar-refractivity contribution in [2.75, 3.05) is 5.75 Å². The van der Waals surface area contributed by atoms with E-state index in [2.05, 4.69) is 5.10 Å². The van der Waals surface area contributed by atoms with Crippen molar-refractivity contribution in [2.24, 2.45) is 5.10 Å². The van der Waals surface area contributed by atoms with Crippen LogP contribution < -0.4 is 0 Å². The van der Waals surface area contributed by atoms with Gasteiger partial charge in [-0.05, 0) is 30.3 Å². The van der Waals surface area contributed by atoms with Crippen LogP contribution in [0, 0.1) is 0 Å². The molecule has 1 amide bonds. The fraction of sp³-hybridized carbons (Fsp3) is 0.0667. The van der Waals surface area contributed by atoms with Crippen molar-refractivity contribution in [3.63, 3.8) is 0 Å². The van der Waals surface area contributed by atoms with Gasteiger partial charge < -0.3 is 9.52 Å². The fourth-order valence-electron chi connectivity index (χ4n) is 1.99. The molecular formula is C15H9ClN2O4S2. The Morgan fingerprint density at radius 2 is 2.21 bits per heavy atom. The maximum Gasteiger partial charge on any atom is 0.337 e. The van der Waals surface area contributed by atoms with Crippen LogP contribution in [0.2, 0.25) is 5.02 Å². The summed E-state index contributed by atoms with van der Waals surface area (Å²) < 4.78 is 6.00. The molecule has 24 heavy (non-hydrogen) atoms. The minimum atomic E-state index is -1.12. The third-order valence-electron chi connectivity index (χ3n) is 3.14. The number of amides is 1. The summed E-state index contributed by atoms with van der Waals surface area (Å²) >= 11 is 12.1. The minimum absolute atomic E-state index is 0.00850. The smallest absolute Gasteiger partial charge is 0.337 e. The van der Waals surface area contributed by atoms with Crippen molar-refractivity contribution in [2.45, 2.75) is 0 Å². The van der Waals surface area contributed by atoms with Crippen LogP contribution in [0.1, 0.15) is 16.1 Å². The van der Waals surface area contributed by atoms with E-state index in [0.29, 0.717) is 21.4 Å². The molecule has 0 spiro atoms. The van der Waals surface area contributed by atoms with Crippen LogP contribution in [0.25, 0.3) is 11.3 Å². The van der Waals surface area contributed by atoms with Crippen molar-refractivity contribution in [1.29, 1.82) is 0 Å². The van der Waals surface area contributed by atoms with Crippen LogP contribution in [0.3, 0.4) is 0 Å². The molecule has 0 bridgehead atoms. The Balaban J connectivity index is 1.83. The Bertz CT molecular complexity index is 862. The minimum Gasteiger partial charge on any atom is -0.478 e. The highest BCUT2D eigenvalue weighted by atomic mass is 35.5. The molecule has 0 unspecified atom stereocenters. The van der Waals surface area contributed by atoms with Gasteiger partial charge >= 0.3 is 5.97 Å². The van der Waals surface area contributed by atoms with Crippen LogP contribution in [-0.4, -0.2) is 38.3 Å². The number of thiocarbonyl (C=S) groups is 1. The summed E-state index contributed by atoms with van der Waals surface area (Å²) in [6.45, 7) is 0. The number of halogens is 1. The Morgan fingerprint density at radius 1 is 1.42 bits per heavy atom. The molecule has 1 saturated heterocycles. The number of carboxylic acids is 1. The van der Waals surface area contributed by atoms with E-state index in [0.717, 1.165) is 5.01 Å². The first kappa shape index (κ1) is 16.7. The molecule has 0 atom stereocenters. The fourth-order valence-corrected chi connectivity index (χ4v) is 3.16. The number of aromatic carboxylic acids is 1. The quantitative estimate of drug-likeness (QED) is 0.645. The lowest BCUT2D eigenvalue weighted by molar-refractivity contribution is -0.124. The second kappa shape index (κ2) is 6.76. The summed E-state index contributed by atoms with van der Waals surface area (Å²) in [6, 6.07) is 7.92. The number of hydrogen-bond acceptors (Lipinski definition) is 6. The lowest BCUT2D eigenvalue weighted by Gasteiger charge is -2.05. The van der Waals surface area contributed by atoms with Crippen molar-refractivity contribution in [3.05, 3.63) is 46.7 Å². The summed E-state index contributed by atoms with van der Waals surface area (Å²) in [7, 11) is 0. The average Bonchev–Trinajstić information content (AvgIpc) is 3.13. The number of hydrazone groups is 1. The van der Waals surface area contributed by atoms with E-state index >= 15 is 0 Å². The standard InChI is InChI=1S/C15H9ClN2O4S2/c16-11-3-1-8(5-10(11)14(20)21)12-4-2-9(22-12)6-17-18-13(19)7-24-15(18)23/h1-6H,7H2,(H,20,21)/b17-6+. The van der Waals surface area contributed by atoms with Gasteiger partial charge in [-0.25, -0.2) is 4.79 Å². The predicted molar refractivity (Wildman–Crippen MR) is 95.6 cm³/mol. The highest BCUT2D eigenvalue weighted by Crippen LogP contribution is 2.27. The van der Waals surface area contributed by atoms with Gasteiger partial charge in [0, 0.05) is 5.56 Å². The molecule has 1 aromatic carbocycles. The largest absolute Gasteiger partial charge is 0.478 e. The van der Waals surface area contributed by atoms with Gasteiger partial charge in [-0.15, -0.1) is 0 Å². The van der Waals surface area contributed by atoms with E-state index in [9.17, 15) is 9.59 Å². The Kier molecular flexibility index (Phi) is 4.70. The first-order valence-corrected chi connectivity index (χ1v) is 8.39. The lowest BCUT2D eigenvalue weighted by Crippen LogP contribution is -2.22. The lowest BCUT2D eigenvalue weighted by atomic mass is 10.1. The molecule has 3 rings (SSSR count). The molecule has 1 aliphatic rings. The molecule has 1 N–H and O–H groups in total. The Labute approximate surface area is 151 Å². The number of thioether (sulfide) groups is 1. The number of benzene rings is 1. The summed E-state index contributed by atoms with van der Waals surface area (Å²) in [4.78, 5) is 22.7. The van der Waals surface area contributed by atoms with Crippen LogP contribution in [-0.2, 0) is 4.79 Å². The first-order chi connectivity index (χ1) is 11.5. The first-order valence-electron chi connectivity index (χ1n) is 6.62. The van der Waals surface area contributed by atoms with E-state index in [1.54, 1.807) is 18.2 Å². The van der Waals surface area contributed by atoms with Crippen molar-refractivity contribution < 1.29 is 19.1 Å². The van der Waals surface area contributed by atoms with Crippen LogP contribution in [0.5, 0.6) is 0 Å². The molecular weight excluding hydrogens is 372 g/mol. The zero-order valence-corrected chi connectivity index (χ0v) is 14.3. The Hall–Kier alpha value is -2.16. The molecule has 122 valence electrons. The van der Waals surface area contributed by atoms with Gasteiger partial charge in [0.25, 0.3) is 5.91 Å². The van der Waals surface area contributed by atoms with Gasteiger partial charge in [0.05, 0.1) is 22.6 Å². The Morgan fingerprint density at radius 3 is 2.88 bits per heavy atom. The molecule has 0 radical (unpaired) electrons. The van der Waals surface area contributed by atoms with Crippen molar-refractivity contribution >= 4 is 58.0 Å². The van der Waals surface area contributed by atoms with E-state index in [1.165, 1.54) is 30.1 Å². The van der Waals surface area contributed by atoms with Gasteiger partial charge in [-0.1, -0.05) is 35.6 Å². The van der Waals surface area contributed by atoms with Crippen LogP contribution in [0.15, 0.2) is 39.9 Å². The van der Waals surface area contributed by atoms with Crippen molar-refractivity contribution in [3.8, 4) is 11.3 Å². The molecule has 0 aliphatic carbocycles. The van der Waals surface area contributed by atoms with Crippen LogP contribution in [0.4, 0.5) is 0 Å². The molecule has 0 saturated carbocycles. The number of carbonyl (C=O) groups is 2. The molecule has 6 nitrogen and oxygen atoms in total. The third-order valence-corrected chi connectivity index (χ3v) is 4.80. The average molecular weight is 381 g/mol. The zero-order valence-electron chi connectivity index (χ0n) is 11.9. The number of hydrogen-bond donors (Lipinski definition) is 1. The summed E-state index contributed by atoms with van der Waals surface area (Å²) in [5.74, 6) is -0.155. The molecule has 9 heteroatoms. The summed E-state index contributed by atoms with van der Waals surface area (Å²) in [5.41, 5.74) is 0.561. The highest BCUT2D eigenvalue weighted by Gasteiger charge is 2.26. The molecule has 2 heterocycles. The SMILES string of the molecule is O=C(O)c1cc(-c2ccc(/C=N/N3C(=O)CSC3=S)o2)ccc1Cl. The van der Waals surface area contributed by atoms with Gasteiger partial charge in [-0.3, -0.25) is 4.79 Å². The topological polar surface area (TPSA) is 83.1 Å². The van der Waals surface area contributed by atoms with E-state index in [-0.39, 0.29) is 22.2 Å². The van der Waals surface area contributed by atoms with Gasteiger partial charge in [0.1, 0.15) is 11.5 Å². The highest BCUT2D eigenvalue weighted by molar-refractivity contribution is 8.23. The van der Waals surface area contributed by atoms with Gasteiger partial charge in [-0.2, -0.15) is 10.1 Å². The maximum atomic E-state index is 11.6. The molecule has 1 fully saturated rings. The molecule has 1 aromatic heterocycles. The van der Waals surface area contributed by atoms with Crippen LogP contribution >= 0.6 is 35.6 Å². The molecule has 2 aromatic rings. The number of furan rings is 1. The summed E-state index contributed by atoms with van der Waals surface area (Å²) in [5, 5.41) is 14.4. The van der Waals surface area contributed by atoms with E-state index < -0.39 is 5.97 Å². The monoisotopic (exact) mass is 380 g/mol. The van der Waals surface area contributed by atoms with E-state index in [1.807, 2.05) is 0 Å². The normalized spacial score (nSPS) is 14.8. The molecule has 1 aliphatic heterocycles. The van der Waals surface area contributed by atoms with Gasteiger partial charge in [0.2, 0.25) is 0 Å². The number of nitrogens with zero attached hydrogens (tertiary/aromatic N) is 2. The predicted octanol–water partition coefficient (Wildman–Crippen LogP) is 3.49. The second-order valence-electron chi connectivity index (χ2n) is 4.71. The van der Waals surface area contributed by atoms with Gasteiger partial charge in [0.15, 0.2) is 4.32 Å². The van der Waals surface area contributed by atoms with E-state index in [4.69, 9.17) is 33.3 Å². The zero-order chi connectivity index (χ0) is 17.3. The number of carbonyl (C=O) groups excluding carboxylic acids is 1. The second-order valence-corrected chi connectivity index (χ2v) is 6.72. The number of carboxylic acid groups (broad SMARTS) is 1.